The van der Waals surface area contributed by atoms with Gasteiger partial charge in [-0.2, -0.15) is 0 Å². The molecule has 1 amide bonds. The molecule has 0 saturated heterocycles. The van der Waals surface area contributed by atoms with Gasteiger partial charge in [0.15, 0.2) is 0 Å². The number of nitrogens with zero attached hydrogens (tertiary/aromatic N) is 1. The van der Waals surface area contributed by atoms with E-state index in [0.717, 1.165) is 11.1 Å². The highest BCUT2D eigenvalue weighted by Gasteiger charge is 2.33. The van der Waals surface area contributed by atoms with Gasteiger partial charge >= 0.3 is 6.09 Å². The van der Waals surface area contributed by atoms with Crippen molar-refractivity contribution in [2.75, 3.05) is 0 Å². The number of nitrogens with one attached hydrogen (secondary N) is 1. The molecule has 0 bridgehead atoms. The van der Waals surface area contributed by atoms with Crippen molar-refractivity contribution in [2.24, 2.45) is 0 Å². The zero-order valence-corrected chi connectivity index (χ0v) is 17.7. The van der Waals surface area contributed by atoms with Crippen LogP contribution in [0.5, 0.6) is 0 Å². The van der Waals surface area contributed by atoms with Gasteiger partial charge in [-0.25, -0.2) is 4.79 Å². The van der Waals surface area contributed by atoms with E-state index in [2.05, 4.69) is 5.32 Å². The van der Waals surface area contributed by atoms with Crippen LogP contribution in [0.25, 0.3) is 0 Å². The van der Waals surface area contributed by atoms with E-state index in [9.17, 15) is 20.0 Å². The Balaban J connectivity index is 2.12. The minimum Gasteiger partial charge on any atom is -0.444 e. The van der Waals surface area contributed by atoms with Gasteiger partial charge in [0.1, 0.15) is 11.7 Å². The van der Waals surface area contributed by atoms with Gasteiger partial charge in [0, 0.05) is 23.8 Å². The van der Waals surface area contributed by atoms with Crippen LogP contribution in [-0.2, 0) is 17.6 Å². The predicted octanol–water partition coefficient (Wildman–Crippen LogP) is 3.76. The van der Waals surface area contributed by atoms with Gasteiger partial charge in [0.25, 0.3) is 0 Å². The molecule has 2 aromatic rings. The third-order valence-electron chi connectivity index (χ3n) is 4.57. The van der Waals surface area contributed by atoms with E-state index in [1.807, 2.05) is 36.4 Å². The van der Waals surface area contributed by atoms with Crippen molar-refractivity contribution in [3.8, 4) is 0 Å². The van der Waals surface area contributed by atoms with Crippen LogP contribution in [0.1, 0.15) is 38.3 Å². The Morgan fingerprint density at radius 2 is 1.53 bits per heavy atom. The Morgan fingerprint density at radius 1 is 1.03 bits per heavy atom. The summed E-state index contributed by atoms with van der Waals surface area (Å²) >= 11 is 0. The molecule has 0 heterocycles. The van der Waals surface area contributed by atoms with E-state index < -0.39 is 34.8 Å². The van der Waals surface area contributed by atoms with E-state index in [1.54, 1.807) is 45.0 Å². The minimum atomic E-state index is -1.23. The lowest BCUT2D eigenvalue weighted by Crippen LogP contribution is -2.45. The number of rotatable bonds is 9. The highest BCUT2D eigenvalue weighted by molar-refractivity contribution is 5.68. The lowest BCUT2D eigenvalue weighted by Gasteiger charge is -2.26. The molecule has 0 radical (unpaired) electrons. The van der Waals surface area contributed by atoms with Gasteiger partial charge in [-0.3, -0.25) is 10.1 Å². The molecule has 30 heavy (non-hydrogen) atoms. The van der Waals surface area contributed by atoms with Gasteiger partial charge in [-0.15, -0.1) is 0 Å². The lowest BCUT2D eigenvalue weighted by molar-refractivity contribution is -0.534. The van der Waals surface area contributed by atoms with Crippen LogP contribution >= 0.6 is 0 Å². The summed E-state index contributed by atoms with van der Waals surface area (Å²) in [5.41, 5.74) is 1.06. The van der Waals surface area contributed by atoms with Crippen LogP contribution in [0.2, 0.25) is 0 Å². The molecule has 7 heteroatoms. The highest BCUT2D eigenvalue weighted by Crippen LogP contribution is 2.16. The molecule has 162 valence electrons. The van der Waals surface area contributed by atoms with Gasteiger partial charge in [0.05, 0.1) is 0 Å². The number of ether oxygens (including phenoxy) is 1. The van der Waals surface area contributed by atoms with Gasteiger partial charge < -0.3 is 15.2 Å². The van der Waals surface area contributed by atoms with E-state index in [4.69, 9.17) is 4.74 Å². The van der Waals surface area contributed by atoms with Crippen molar-refractivity contribution in [2.45, 2.75) is 63.8 Å². The molecule has 0 fully saturated rings. The van der Waals surface area contributed by atoms with Crippen molar-refractivity contribution in [3.63, 3.8) is 0 Å². The molecule has 0 unspecified atom stereocenters. The molecule has 0 aliphatic rings. The second-order valence-corrected chi connectivity index (χ2v) is 8.38. The van der Waals surface area contributed by atoms with Crippen molar-refractivity contribution in [1.29, 1.82) is 0 Å². The number of carbonyl (C=O) groups is 1. The minimum absolute atomic E-state index is 0.0343. The molecule has 2 N–H and O–H groups in total. The smallest absolute Gasteiger partial charge is 0.407 e. The van der Waals surface area contributed by atoms with Crippen LogP contribution in [-0.4, -0.2) is 39.9 Å². The summed E-state index contributed by atoms with van der Waals surface area (Å²) in [4.78, 5) is 23.5. The van der Waals surface area contributed by atoms with Gasteiger partial charge in [0.2, 0.25) is 6.04 Å². The van der Waals surface area contributed by atoms with Crippen molar-refractivity contribution >= 4 is 6.09 Å². The summed E-state index contributed by atoms with van der Waals surface area (Å²) < 4.78 is 5.33. The predicted molar refractivity (Wildman–Crippen MR) is 115 cm³/mol. The Kier molecular flexibility index (Phi) is 8.35. The first-order chi connectivity index (χ1) is 14.1. The molecular formula is C23H30N2O5. The van der Waals surface area contributed by atoms with Crippen LogP contribution in [0.4, 0.5) is 4.79 Å². The first kappa shape index (κ1) is 23.3. The molecule has 0 saturated carbocycles. The normalized spacial score (nSPS) is 14.4. The number of hydrogen-bond donors (Lipinski definition) is 2. The number of benzene rings is 2. The zero-order chi connectivity index (χ0) is 22.1. The maximum atomic E-state index is 12.3. The van der Waals surface area contributed by atoms with E-state index in [0.29, 0.717) is 6.42 Å². The molecule has 0 aliphatic carbocycles. The first-order valence-electron chi connectivity index (χ1n) is 10.0. The van der Waals surface area contributed by atoms with Crippen molar-refractivity contribution in [3.05, 3.63) is 81.9 Å². The molecule has 3 atom stereocenters. The first-order valence-corrected chi connectivity index (χ1v) is 10.0. The standard InChI is InChI=1S/C23H30N2O5/c1-23(2,3)30-22(27)24-19(14-17-10-6-4-7-11-17)16-21(26)20(25(28)29)15-18-12-8-5-9-13-18/h4-13,19-21,26H,14-16H2,1-3H3,(H,24,27)/t19-,20-,21-/m0/s1. The maximum Gasteiger partial charge on any atom is 0.407 e. The fourth-order valence-electron chi connectivity index (χ4n) is 3.22. The second kappa shape index (κ2) is 10.7. The number of aliphatic hydroxyl groups excluding tert-OH is 1. The van der Waals surface area contributed by atoms with Gasteiger partial charge in [-0.1, -0.05) is 60.7 Å². The monoisotopic (exact) mass is 414 g/mol. The van der Waals surface area contributed by atoms with Crippen LogP contribution in [0.15, 0.2) is 60.7 Å². The third-order valence-corrected chi connectivity index (χ3v) is 4.57. The quantitative estimate of drug-likeness (QED) is 0.480. The topological polar surface area (TPSA) is 102 Å². The third kappa shape index (κ3) is 8.21. The highest BCUT2D eigenvalue weighted by atomic mass is 16.6. The van der Waals surface area contributed by atoms with Gasteiger partial charge in [-0.05, 0) is 38.3 Å². The molecule has 0 aliphatic heterocycles. The molecule has 0 spiro atoms. The molecule has 0 aromatic heterocycles. The molecular weight excluding hydrogens is 384 g/mol. The van der Waals surface area contributed by atoms with Crippen LogP contribution in [0, 0.1) is 10.1 Å². The van der Waals surface area contributed by atoms with E-state index in [-0.39, 0.29) is 12.8 Å². The number of alkyl carbamates (subject to hydrolysis) is 1. The Hall–Kier alpha value is -2.93. The summed E-state index contributed by atoms with van der Waals surface area (Å²) in [5.74, 6) is 0. The Bertz CT molecular complexity index is 805. The average molecular weight is 415 g/mol. The Morgan fingerprint density at radius 3 is 2.00 bits per heavy atom. The number of hydrogen-bond acceptors (Lipinski definition) is 5. The van der Waals surface area contributed by atoms with Crippen molar-refractivity contribution in [1.82, 2.24) is 5.32 Å². The lowest BCUT2D eigenvalue weighted by atomic mass is 9.94. The number of carbonyl (C=O) groups excluding carboxylic acids is 1. The SMILES string of the molecule is CC(C)(C)OC(=O)N[C@@H](Cc1ccccc1)C[C@H](O)[C@H](Cc1ccccc1)[N+](=O)[O-]. The second-order valence-electron chi connectivity index (χ2n) is 8.38. The Labute approximate surface area is 177 Å². The zero-order valence-electron chi connectivity index (χ0n) is 17.7. The molecule has 2 rings (SSSR count). The average Bonchev–Trinajstić information content (AvgIpc) is 2.65. The largest absolute Gasteiger partial charge is 0.444 e. The van der Waals surface area contributed by atoms with Crippen LogP contribution in [0.3, 0.4) is 0 Å². The number of amides is 1. The fourth-order valence-corrected chi connectivity index (χ4v) is 3.22. The summed E-state index contributed by atoms with van der Waals surface area (Å²) in [5, 5.41) is 25.1. The molecule has 2 aromatic carbocycles. The summed E-state index contributed by atoms with van der Waals surface area (Å²) in [6.07, 6.45) is -1.28. The maximum absolute atomic E-state index is 12.3. The summed E-state index contributed by atoms with van der Waals surface area (Å²) in [6.45, 7) is 5.28. The molecule has 7 nitrogen and oxygen atoms in total. The van der Waals surface area contributed by atoms with Crippen LogP contribution < -0.4 is 5.32 Å². The number of nitro groups is 1. The number of aliphatic hydroxyl groups is 1. The van der Waals surface area contributed by atoms with E-state index in [1.165, 1.54) is 0 Å². The van der Waals surface area contributed by atoms with Crippen molar-refractivity contribution < 1.29 is 19.6 Å². The summed E-state index contributed by atoms with van der Waals surface area (Å²) in [6, 6.07) is 16.8. The fraction of sp³-hybridized carbons (Fsp3) is 0.435. The van der Waals surface area contributed by atoms with E-state index >= 15 is 0 Å². The summed E-state index contributed by atoms with van der Waals surface area (Å²) in [7, 11) is 0.